The number of fused-ring (bicyclic) bond motifs is 1. The highest BCUT2D eigenvalue weighted by molar-refractivity contribution is 5.92. The molecule has 7 heteroatoms. The van der Waals surface area contributed by atoms with Crippen molar-refractivity contribution < 1.29 is 9.18 Å². The molecule has 1 aromatic carbocycles. The molecule has 0 aliphatic carbocycles. The Labute approximate surface area is 163 Å². The van der Waals surface area contributed by atoms with Gasteiger partial charge >= 0.3 is 0 Å². The van der Waals surface area contributed by atoms with E-state index in [1.165, 1.54) is 6.07 Å². The molecule has 0 bridgehead atoms. The molecule has 3 aromatic rings. The van der Waals surface area contributed by atoms with Gasteiger partial charge in [0, 0.05) is 36.8 Å². The highest BCUT2D eigenvalue weighted by Crippen LogP contribution is 2.24. The Bertz CT molecular complexity index is 978. The van der Waals surface area contributed by atoms with Crippen molar-refractivity contribution in [2.75, 3.05) is 18.4 Å². The van der Waals surface area contributed by atoms with E-state index in [0.717, 1.165) is 54.6 Å². The van der Waals surface area contributed by atoms with E-state index >= 15 is 0 Å². The van der Waals surface area contributed by atoms with Crippen molar-refractivity contribution in [2.24, 2.45) is 5.92 Å². The van der Waals surface area contributed by atoms with Gasteiger partial charge in [-0.05, 0) is 56.6 Å². The first kappa shape index (κ1) is 18.6. The number of halogens is 1. The highest BCUT2D eigenvalue weighted by Gasteiger charge is 2.25. The molecule has 1 aliphatic rings. The van der Waals surface area contributed by atoms with Gasteiger partial charge in [-0.25, -0.2) is 4.39 Å². The summed E-state index contributed by atoms with van der Waals surface area (Å²) >= 11 is 0. The highest BCUT2D eigenvalue weighted by atomic mass is 19.1. The average molecular weight is 381 g/mol. The zero-order chi connectivity index (χ0) is 19.5. The van der Waals surface area contributed by atoms with Crippen LogP contribution in [0.3, 0.4) is 0 Å². The molecule has 3 heterocycles. The molecule has 2 aromatic heterocycles. The molecular formula is C21H24FN5O. The van der Waals surface area contributed by atoms with Crippen molar-refractivity contribution in [2.45, 2.75) is 32.9 Å². The number of aryl methyl sites for hydroxylation is 1. The molecule has 0 radical (unpaired) electrons. The molecule has 0 saturated carbocycles. The molecule has 0 spiro atoms. The first-order valence-corrected chi connectivity index (χ1v) is 9.71. The maximum Gasteiger partial charge on any atom is 0.227 e. The summed E-state index contributed by atoms with van der Waals surface area (Å²) in [6.07, 6.45) is 6.83. The molecule has 4 rings (SSSR count). The van der Waals surface area contributed by atoms with Crippen LogP contribution in [0.4, 0.5) is 10.1 Å². The fraction of sp³-hybridized carbons (Fsp3) is 0.381. The van der Waals surface area contributed by atoms with E-state index in [1.54, 1.807) is 23.1 Å². The minimum Gasteiger partial charge on any atom is -0.323 e. The van der Waals surface area contributed by atoms with Gasteiger partial charge in [-0.2, -0.15) is 5.10 Å². The van der Waals surface area contributed by atoms with E-state index in [2.05, 4.69) is 20.3 Å². The van der Waals surface area contributed by atoms with Crippen molar-refractivity contribution in [3.05, 3.63) is 54.2 Å². The third-order valence-corrected chi connectivity index (χ3v) is 5.33. The molecular weight excluding hydrogens is 357 g/mol. The third-order valence-electron chi connectivity index (χ3n) is 5.33. The summed E-state index contributed by atoms with van der Waals surface area (Å²) in [6.45, 7) is 5.03. The summed E-state index contributed by atoms with van der Waals surface area (Å²) in [4.78, 5) is 19.2. The number of nitrogens with zero attached hydrogens (tertiary/aromatic N) is 4. The standard InChI is InChI=1S/C21H24FN5O/c1-2-27-14-19(12-24-27)25-21(28)15-5-8-26(9-6-15)13-17-11-18(22)10-16-4-3-7-23-20(16)17/h3-4,7,10-12,14-15H,2,5-6,8-9,13H2,1H3,(H,25,28). The number of likely N-dealkylation sites (tertiary alicyclic amines) is 1. The Morgan fingerprint density at radius 3 is 2.89 bits per heavy atom. The maximum absolute atomic E-state index is 13.9. The zero-order valence-corrected chi connectivity index (χ0v) is 15.9. The number of amides is 1. The number of carbonyl (C=O) groups is 1. The molecule has 6 nitrogen and oxygen atoms in total. The average Bonchev–Trinajstić information content (AvgIpc) is 3.16. The Balaban J connectivity index is 1.36. The van der Waals surface area contributed by atoms with Crippen LogP contribution >= 0.6 is 0 Å². The van der Waals surface area contributed by atoms with Gasteiger partial charge in [0.15, 0.2) is 0 Å². The zero-order valence-electron chi connectivity index (χ0n) is 15.9. The van der Waals surface area contributed by atoms with E-state index in [0.29, 0.717) is 6.54 Å². The first-order valence-electron chi connectivity index (χ1n) is 9.71. The summed E-state index contributed by atoms with van der Waals surface area (Å²) in [7, 11) is 0. The minimum absolute atomic E-state index is 0.0106. The van der Waals surface area contributed by atoms with E-state index in [4.69, 9.17) is 0 Å². The molecule has 1 N–H and O–H groups in total. The second kappa shape index (κ2) is 8.06. The van der Waals surface area contributed by atoms with Crippen LogP contribution < -0.4 is 5.32 Å². The Hall–Kier alpha value is -2.80. The normalized spacial score (nSPS) is 15.8. The first-order chi connectivity index (χ1) is 13.6. The molecule has 0 atom stereocenters. The molecule has 146 valence electrons. The largest absolute Gasteiger partial charge is 0.323 e. The van der Waals surface area contributed by atoms with Crippen molar-refractivity contribution in [1.82, 2.24) is 19.7 Å². The van der Waals surface area contributed by atoms with Crippen molar-refractivity contribution >= 4 is 22.5 Å². The van der Waals surface area contributed by atoms with Crippen LogP contribution in [-0.2, 0) is 17.9 Å². The number of carbonyl (C=O) groups excluding carboxylic acids is 1. The fourth-order valence-corrected chi connectivity index (χ4v) is 3.79. The summed E-state index contributed by atoms with van der Waals surface area (Å²) in [5, 5.41) is 7.96. The van der Waals surface area contributed by atoms with Crippen molar-refractivity contribution in [1.29, 1.82) is 0 Å². The lowest BCUT2D eigenvalue weighted by atomic mass is 9.95. The quantitative estimate of drug-likeness (QED) is 0.735. The van der Waals surface area contributed by atoms with Crippen LogP contribution in [0.5, 0.6) is 0 Å². The summed E-state index contributed by atoms with van der Waals surface area (Å²) in [5.41, 5.74) is 2.48. The lowest BCUT2D eigenvalue weighted by molar-refractivity contribution is -0.121. The second-order valence-corrected chi connectivity index (χ2v) is 7.26. The number of hydrogen-bond donors (Lipinski definition) is 1. The van der Waals surface area contributed by atoms with Gasteiger partial charge in [0.05, 0.1) is 17.4 Å². The van der Waals surface area contributed by atoms with Crippen LogP contribution in [0.15, 0.2) is 42.9 Å². The third kappa shape index (κ3) is 4.04. The van der Waals surface area contributed by atoms with Gasteiger partial charge in [0.1, 0.15) is 5.82 Å². The molecule has 1 aliphatic heterocycles. The number of benzene rings is 1. The maximum atomic E-state index is 13.9. The Morgan fingerprint density at radius 2 is 2.14 bits per heavy atom. The van der Waals surface area contributed by atoms with Crippen LogP contribution in [-0.4, -0.2) is 38.7 Å². The van der Waals surface area contributed by atoms with Gasteiger partial charge in [0.2, 0.25) is 5.91 Å². The van der Waals surface area contributed by atoms with Crippen molar-refractivity contribution in [3.63, 3.8) is 0 Å². The molecule has 1 fully saturated rings. The van der Waals surface area contributed by atoms with Crippen LogP contribution in [0.1, 0.15) is 25.3 Å². The number of anilines is 1. The van der Waals surface area contributed by atoms with Crippen LogP contribution in [0, 0.1) is 11.7 Å². The molecule has 28 heavy (non-hydrogen) atoms. The van der Waals surface area contributed by atoms with Crippen LogP contribution in [0.25, 0.3) is 10.9 Å². The number of rotatable bonds is 5. The number of piperidine rings is 1. The lowest BCUT2D eigenvalue weighted by Gasteiger charge is -2.31. The predicted octanol–water partition coefficient (Wildman–Crippen LogP) is 3.44. The fourth-order valence-electron chi connectivity index (χ4n) is 3.79. The van der Waals surface area contributed by atoms with Crippen LogP contribution in [0.2, 0.25) is 0 Å². The molecule has 1 saturated heterocycles. The van der Waals surface area contributed by atoms with E-state index in [9.17, 15) is 9.18 Å². The molecule has 0 unspecified atom stereocenters. The smallest absolute Gasteiger partial charge is 0.227 e. The minimum atomic E-state index is -0.239. The van der Waals surface area contributed by atoms with Gasteiger partial charge in [-0.15, -0.1) is 0 Å². The van der Waals surface area contributed by atoms with E-state index < -0.39 is 0 Å². The lowest BCUT2D eigenvalue weighted by Crippen LogP contribution is -2.37. The van der Waals surface area contributed by atoms with Gasteiger partial charge in [-0.1, -0.05) is 6.07 Å². The summed E-state index contributed by atoms with van der Waals surface area (Å²) in [6, 6.07) is 6.79. The Morgan fingerprint density at radius 1 is 1.32 bits per heavy atom. The topological polar surface area (TPSA) is 63.1 Å². The predicted molar refractivity (Wildman–Crippen MR) is 106 cm³/mol. The number of hydrogen-bond acceptors (Lipinski definition) is 4. The monoisotopic (exact) mass is 381 g/mol. The molecule has 1 amide bonds. The summed E-state index contributed by atoms with van der Waals surface area (Å²) in [5.74, 6) is -0.200. The van der Waals surface area contributed by atoms with Crippen molar-refractivity contribution in [3.8, 4) is 0 Å². The number of nitrogens with one attached hydrogen (secondary N) is 1. The second-order valence-electron chi connectivity index (χ2n) is 7.26. The number of pyridine rings is 1. The van der Waals surface area contributed by atoms with Gasteiger partial charge < -0.3 is 5.32 Å². The van der Waals surface area contributed by atoms with E-state index in [1.807, 2.05) is 25.3 Å². The van der Waals surface area contributed by atoms with Gasteiger partial charge in [0.25, 0.3) is 0 Å². The Kier molecular flexibility index (Phi) is 5.34. The van der Waals surface area contributed by atoms with Gasteiger partial charge in [-0.3, -0.25) is 19.4 Å². The summed E-state index contributed by atoms with van der Waals surface area (Å²) < 4.78 is 15.7. The van der Waals surface area contributed by atoms with E-state index in [-0.39, 0.29) is 17.6 Å². The number of aromatic nitrogens is 3. The SMILES string of the molecule is CCn1cc(NC(=O)C2CCN(Cc3cc(F)cc4cccnc34)CC2)cn1.